The summed E-state index contributed by atoms with van der Waals surface area (Å²) < 4.78 is 0. The molecule has 0 heterocycles. The van der Waals surface area contributed by atoms with Gasteiger partial charge in [0.05, 0.1) is 11.7 Å². The van der Waals surface area contributed by atoms with Crippen LogP contribution in [0.1, 0.15) is 79.1 Å². The van der Waals surface area contributed by atoms with E-state index in [1.165, 1.54) is 0 Å². The molecule has 4 atom stereocenters. The van der Waals surface area contributed by atoms with E-state index < -0.39 is 17.7 Å². The molecule has 1 rings (SSSR count). The highest BCUT2D eigenvalue weighted by Gasteiger charge is 2.47. The molecule has 0 aliphatic heterocycles. The number of aliphatic hydroxyl groups excluding tert-OH is 1. The molecule has 0 amide bonds. The molecule has 0 bridgehead atoms. The summed E-state index contributed by atoms with van der Waals surface area (Å²) in [6, 6.07) is 0. The molecular formula is C23H38O5. The second-order valence-electron chi connectivity index (χ2n) is 9.05. The molecule has 1 saturated carbocycles. The lowest BCUT2D eigenvalue weighted by molar-refractivity contribution is -0.137. The van der Waals surface area contributed by atoms with Crippen LogP contribution in [0.25, 0.3) is 0 Å². The van der Waals surface area contributed by atoms with Gasteiger partial charge in [0.25, 0.3) is 0 Å². The van der Waals surface area contributed by atoms with Gasteiger partial charge in [-0.3, -0.25) is 9.59 Å². The van der Waals surface area contributed by atoms with Gasteiger partial charge in [-0.15, -0.1) is 0 Å². The molecule has 160 valence electrons. The van der Waals surface area contributed by atoms with Crippen molar-refractivity contribution in [2.45, 2.75) is 90.8 Å². The Morgan fingerprint density at radius 3 is 2.61 bits per heavy atom. The third-order valence-electron chi connectivity index (χ3n) is 5.89. The molecule has 5 heteroatoms. The van der Waals surface area contributed by atoms with Crippen LogP contribution < -0.4 is 0 Å². The van der Waals surface area contributed by atoms with Crippen molar-refractivity contribution in [3.8, 4) is 0 Å². The van der Waals surface area contributed by atoms with Gasteiger partial charge in [-0.2, -0.15) is 0 Å². The second kappa shape index (κ2) is 10.9. The summed E-state index contributed by atoms with van der Waals surface area (Å²) in [5.74, 6) is -1.41. The molecule has 0 saturated heterocycles. The lowest BCUT2D eigenvalue weighted by Crippen LogP contribution is -2.32. The lowest BCUT2D eigenvalue weighted by atomic mass is 9.79. The van der Waals surface area contributed by atoms with E-state index in [1.54, 1.807) is 13.0 Å². The number of hydrogen-bond donors (Lipinski definition) is 3. The summed E-state index contributed by atoms with van der Waals surface area (Å²) in [4.78, 5) is 23.0. The van der Waals surface area contributed by atoms with Crippen LogP contribution in [-0.4, -0.2) is 38.8 Å². The zero-order valence-corrected chi connectivity index (χ0v) is 17.9. The molecule has 28 heavy (non-hydrogen) atoms. The van der Waals surface area contributed by atoms with Gasteiger partial charge in [0, 0.05) is 24.7 Å². The molecular weight excluding hydrogens is 356 g/mol. The van der Waals surface area contributed by atoms with Crippen molar-refractivity contribution >= 4 is 11.8 Å². The van der Waals surface area contributed by atoms with Crippen LogP contribution in [0, 0.1) is 17.3 Å². The zero-order chi connectivity index (χ0) is 21.4. The van der Waals surface area contributed by atoms with Crippen LogP contribution >= 0.6 is 0 Å². The fourth-order valence-corrected chi connectivity index (χ4v) is 3.85. The summed E-state index contributed by atoms with van der Waals surface area (Å²) in [5.41, 5.74) is -1.36. The van der Waals surface area contributed by atoms with Gasteiger partial charge in [0.2, 0.25) is 0 Å². The maximum Gasteiger partial charge on any atom is 0.303 e. The number of hydrogen-bond acceptors (Lipinski definition) is 4. The van der Waals surface area contributed by atoms with Crippen molar-refractivity contribution in [1.29, 1.82) is 0 Å². The zero-order valence-electron chi connectivity index (χ0n) is 17.9. The van der Waals surface area contributed by atoms with Crippen molar-refractivity contribution in [2.75, 3.05) is 0 Å². The Hall–Kier alpha value is -1.46. The number of aliphatic hydroxyl groups is 2. The first-order valence-electron chi connectivity index (χ1n) is 10.5. The molecule has 0 aromatic heterocycles. The first-order valence-corrected chi connectivity index (χ1v) is 10.5. The largest absolute Gasteiger partial charge is 0.481 e. The third-order valence-corrected chi connectivity index (χ3v) is 5.89. The maximum absolute atomic E-state index is 12.4. The van der Waals surface area contributed by atoms with Crippen LogP contribution in [0.3, 0.4) is 0 Å². The number of aliphatic carboxylic acids is 1. The van der Waals surface area contributed by atoms with Crippen molar-refractivity contribution in [2.24, 2.45) is 17.3 Å². The van der Waals surface area contributed by atoms with Gasteiger partial charge in [0.15, 0.2) is 0 Å². The van der Waals surface area contributed by atoms with Gasteiger partial charge in [0.1, 0.15) is 5.78 Å². The molecule has 1 fully saturated rings. The predicted octanol–water partition coefficient (Wildman–Crippen LogP) is 4.28. The summed E-state index contributed by atoms with van der Waals surface area (Å²) >= 11 is 0. The molecule has 0 spiro atoms. The smallest absolute Gasteiger partial charge is 0.303 e. The number of carbonyl (C=O) groups is 2. The van der Waals surface area contributed by atoms with E-state index in [0.717, 1.165) is 19.3 Å². The highest BCUT2D eigenvalue weighted by molar-refractivity contribution is 5.85. The van der Waals surface area contributed by atoms with E-state index in [9.17, 15) is 19.8 Å². The molecule has 0 radical (unpaired) electrons. The van der Waals surface area contributed by atoms with Gasteiger partial charge < -0.3 is 15.3 Å². The summed E-state index contributed by atoms with van der Waals surface area (Å²) in [6.45, 7) is 7.88. The molecule has 1 aliphatic rings. The number of rotatable bonds is 12. The van der Waals surface area contributed by atoms with Gasteiger partial charge in [-0.05, 0) is 38.0 Å². The molecule has 0 aromatic carbocycles. The first-order chi connectivity index (χ1) is 13.0. The Bertz CT molecular complexity index is 574. The average Bonchev–Trinajstić information content (AvgIpc) is 2.81. The molecule has 1 aliphatic carbocycles. The number of ketones is 1. The molecule has 0 aromatic rings. The van der Waals surface area contributed by atoms with Crippen molar-refractivity contribution in [3.63, 3.8) is 0 Å². The highest BCUT2D eigenvalue weighted by atomic mass is 16.4. The Morgan fingerprint density at radius 1 is 1.32 bits per heavy atom. The Morgan fingerprint density at radius 2 is 2.00 bits per heavy atom. The average molecular weight is 395 g/mol. The Kier molecular flexibility index (Phi) is 9.58. The van der Waals surface area contributed by atoms with E-state index in [2.05, 4.69) is 6.92 Å². The predicted molar refractivity (Wildman–Crippen MR) is 111 cm³/mol. The van der Waals surface area contributed by atoms with E-state index >= 15 is 0 Å². The first kappa shape index (κ1) is 24.6. The maximum atomic E-state index is 12.4. The van der Waals surface area contributed by atoms with Crippen LogP contribution in [0.5, 0.6) is 0 Å². The van der Waals surface area contributed by atoms with Crippen LogP contribution in [-0.2, 0) is 9.59 Å². The second-order valence-corrected chi connectivity index (χ2v) is 9.05. The molecule has 3 N–H and O–H groups in total. The van der Waals surface area contributed by atoms with Crippen LogP contribution in [0.4, 0.5) is 0 Å². The summed E-state index contributed by atoms with van der Waals surface area (Å²) in [7, 11) is 0. The van der Waals surface area contributed by atoms with Gasteiger partial charge in [-0.25, -0.2) is 0 Å². The van der Waals surface area contributed by atoms with Crippen molar-refractivity contribution in [3.05, 3.63) is 24.3 Å². The monoisotopic (exact) mass is 394 g/mol. The van der Waals surface area contributed by atoms with Gasteiger partial charge in [-0.1, -0.05) is 57.9 Å². The fraction of sp³-hybridized carbons (Fsp3) is 0.739. The van der Waals surface area contributed by atoms with E-state index in [1.807, 2.05) is 32.1 Å². The number of carboxylic acid groups (broad SMARTS) is 1. The summed E-state index contributed by atoms with van der Waals surface area (Å²) in [5, 5.41) is 30.0. The molecule has 5 nitrogen and oxygen atoms in total. The Balaban J connectivity index is 2.75. The summed E-state index contributed by atoms with van der Waals surface area (Å²) in [6.07, 6.45) is 11.8. The highest BCUT2D eigenvalue weighted by Crippen LogP contribution is 2.41. The number of unbranched alkanes of at least 4 members (excludes halogenated alkanes) is 2. The van der Waals surface area contributed by atoms with Crippen molar-refractivity contribution < 1.29 is 24.9 Å². The quantitative estimate of drug-likeness (QED) is 0.339. The van der Waals surface area contributed by atoms with E-state index in [0.29, 0.717) is 19.3 Å². The van der Waals surface area contributed by atoms with Crippen LogP contribution in [0.15, 0.2) is 24.3 Å². The standard InChI is InChI=1S/C23H38O5/c1-5-6-15-22(2,3)20(25)14-13-18-17(19(24)16-23(18,4)28)11-9-7-8-10-12-21(26)27/h7,9,13-14,17-18,20,25,28H,5-6,8,10-12,15-16H2,1-4H3,(H,26,27)/t17-,18-,20?,23?/m1/s1. The lowest BCUT2D eigenvalue weighted by Gasteiger charge is -2.30. The normalized spacial score (nSPS) is 27.1. The minimum Gasteiger partial charge on any atom is -0.481 e. The number of allylic oxidation sites excluding steroid dienone is 2. The fourth-order valence-electron chi connectivity index (χ4n) is 3.85. The Labute approximate surface area is 169 Å². The molecule has 2 unspecified atom stereocenters. The van der Waals surface area contributed by atoms with Gasteiger partial charge >= 0.3 is 5.97 Å². The number of Topliss-reactive ketones (excluding diaryl/α,β-unsaturated/α-hetero) is 1. The van der Waals surface area contributed by atoms with Crippen molar-refractivity contribution in [1.82, 2.24) is 0 Å². The SMILES string of the molecule is CCCCC(C)(C)C(O)C=C[C@@H]1[C@@H](CC=CCCCC(=O)O)C(=O)CC1(C)O. The van der Waals surface area contributed by atoms with E-state index in [-0.39, 0.29) is 35.9 Å². The topological polar surface area (TPSA) is 94.8 Å². The number of carboxylic acids is 1. The van der Waals surface area contributed by atoms with Crippen LogP contribution in [0.2, 0.25) is 0 Å². The minimum absolute atomic E-state index is 0.0366. The number of carbonyl (C=O) groups excluding carboxylic acids is 1. The minimum atomic E-state index is -1.11. The van der Waals surface area contributed by atoms with E-state index in [4.69, 9.17) is 5.11 Å². The third kappa shape index (κ3) is 7.51.